The maximum atomic E-state index is 11.4. The molecule has 15 heavy (non-hydrogen) atoms. The van der Waals surface area contributed by atoms with Gasteiger partial charge in [0.1, 0.15) is 0 Å². The molecule has 1 heterocycles. The molecule has 88 valence electrons. The SMILES string of the molecule is CC(C)S(=O)(=O)NC(=O)CC1CCNC1. The van der Waals surface area contributed by atoms with E-state index < -0.39 is 21.2 Å². The first-order chi connectivity index (χ1) is 6.92. The van der Waals surface area contributed by atoms with Gasteiger partial charge in [-0.25, -0.2) is 8.42 Å². The third-order valence-electron chi connectivity index (χ3n) is 2.51. The number of hydrogen-bond donors (Lipinski definition) is 2. The number of carbonyl (C=O) groups is 1. The van der Waals surface area contributed by atoms with Gasteiger partial charge in [0.25, 0.3) is 0 Å². The van der Waals surface area contributed by atoms with E-state index in [1.54, 1.807) is 13.8 Å². The first kappa shape index (κ1) is 12.4. The van der Waals surface area contributed by atoms with Crippen molar-refractivity contribution in [2.45, 2.75) is 31.9 Å². The lowest BCUT2D eigenvalue weighted by atomic mass is 10.1. The highest BCUT2D eigenvalue weighted by Crippen LogP contribution is 2.12. The highest BCUT2D eigenvalue weighted by molar-refractivity contribution is 7.90. The molecule has 0 aromatic heterocycles. The maximum absolute atomic E-state index is 11.4. The van der Waals surface area contributed by atoms with Crippen molar-refractivity contribution in [3.8, 4) is 0 Å². The minimum absolute atomic E-state index is 0.271. The predicted molar refractivity (Wildman–Crippen MR) is 57.8 cm³/mol. The molecule has 0 radical (unpaired) electrons. The predicted octanol–water partition coefficient (Wildman–Crippen LogP) is -0.160. The molecule has 0 spiro atoms. The number of nitrogens with one attached hydrogen (secondary N) is 2. The fourth-order valence-electron chi connectivity index (χ4n) is 1.47. The number of amides is 1. The zero-order valence-electron chi connectivity index (χ0n) is 9.12. The summed E-state index contributed by atoms with van der Waals surface area (Å²) < 4.78 is 24.8. The van der Waals surface area contributed by atoms with Crippen molar-refractivity contribution in [2.75, 3.05) is 13.1 Å². The van der Waals surface area contributed by atoms with Crippen molar-refractivity contribution in [1.29, 1.82) is 0 Å². The number of sulfonamides is 1. The van der Waals surface area contributed by atoms with Crippen LogP contribution < -0.4 is 10.0 Å². The van der Waals surface area contributed by atoms with E-state index in [1.807, 2.05) is 0 Å². The van der Waals surface area contributed by atoms with E-state index in [0.717, 1.165) is 19.5 Å². The fraction of sp³-hybridized carbons (Fsp3) is 0.889. The molecule has 1 aliphatic rings. The normalized spacial score (nSPS) is 21.9. The average Bonchev–Trinajstić information content (AvgIpc) is 2.54. The van der Waals surface area contributed by atoms with E-state index in [0.29, 0.717) is 6.42 Å². The van der Waals surface area contributed by atoms with Crippen LogP contribution in [0.5, 0.6) is 0 Å². The van der Waals surface area contributed by atoms with Crippen LogP contribution in [-0.2, 0) is 14.8 Å². The van der Waals surface area contributed by atoms with Crippen molar-refractivity contribution >= 4 is 15.9 Å². The second-order valence-corrected chi connectivity index (χ2v) is 6.42. The summed E-state index contributed by atoms with van der Waals surface area (Å²) >= 11 is 0. The lowest BCUT2D eigenvalue weighted by Crippen LogP contribution is -2.36. The molecule has 0 saturated carbocycles. The Hall–Kier alpha value is -0.620. The topological polar surface area (TPSA) is 75.3 Å². The van der Waals surface area contributed by atoms with Crippen LogP contribution in [0.25, 0.3) is 0 Å². The van der Waals surface area contributed by atoms with Gasteiger partial charge in [0.2, 0.25) is 15.9 Å². The molecule has 1 rings (SSSR count). The number of hydrogen-bond acceptors (Lipinski definition) is 4. The van der Waals surface area contributed by atoms with E-state index in [9.17, 15) is 13.2 Å². The largest absolute Gasteiger partial charge is 0.316 e. The summed E-state index contributed by atoms with van der Waals surface area (Å²) in [5, 5.41) is 2.57. The van der Waals surface area contributed by atoms with Crippen LogP contribution in [0, 0.1) is 5.92 Å². The van der Waals surface area contributed by atoms with Gasteiger partial charge in [-0.3, -0.25) is 9.52 Å². The van der Waals surface area contributed by atoms with Gasteiger partial charge in [-0.05, 0) is 39.3 Å². The minimum atomic E-state index is -3.46. The van der Waals surface area contributed by atoms with E-state index >= 15 is 0 Å². The summed E-state index contributed by atoms with van der Waals surface area (Å²) in [5.41, 5.74) is 0. The Kier molecular flexibility index (Phi) is 4.10. The third-order valence-corrected chi connectivity index (χ3v) is 4.27. The van der Waals surface area contributed by atoms with Gasteiger partial charge in [0.05, 0.1) is 5.25 Å². The molecule has 0 aromatic carbocycles. The summed E-state index contributed by atoms with van der Waals surface area (Å²) in [6.45, 7) is 4.81. The summed E-state index contributed by atoms with van der Waals surface area (Å²) in [6.07, 6.45) is 1.23. The summed E-state index contributed by atoms with van der Waals surface area (Å²) in [4.78, 5) is 11.4. The van der Waals surface area contributed by atoms with Gasteiger partial charge in [-0.2, -0.15) is 0 Å². The Morgan fingerprint density at radius 1 is 1.53 bits per heavy atom. The number of rotatable bonds is 4. The summed E-state index contributed by atoms with van der Waals surface area (Å²) in [6, 6.07) is 0. The average molecular weight is 234 g/mol. The van der Waals surface area contributed by atoms with Crippen molar-refractivity contribution in [3.63, 3.8) is 0 Å². The Bertz CT molecular complexity index is 318. The van der Waals surface area contributed by atoms with Crippen LogP contribution in [0.3, 0.4) is 0 Å². The quantitative estimate of drug-likeness (QED) is 0.709. The van der Waals surface area contributed by atoms with Crippen molar-refractivity contribution in [1.82, 2.24) is 10.0 Å². The molecule has 2 N–H and O–H groups in total. The monoisotopic (exact) mass is 234 g/mol. The van der Waals surface area contributed by atoms with Gasteiger partial charge < -0.3 is 5.32 Å². The first-order valence-corrected chi connectivity index (χ1v) is 6.71. The zero-order valence-corrected chi connectivity index (χ0v) is 9.93. The molecule has 1 saturated heterocycles. The van der Waals surface area contributed by atoms with E-state index in [-0.39, 0.29) is 5.92 Å². The lowest BCUT2D eigenvalue weighted by molar-refractivity contribution is -0.120. The van der Waals surface area contributed by atoms with Crippen molar-refractivity contribution in [2.24, 2.45) is 5.92 Å². The fourth-order valence-corrected chi connectivity index (χ4v) is 2.11. The second-order valence-electron chi connectivity index (χ2n) is 4.18. The van der Waals surface area contributed by atoms with E-state index in [1.165, 1.54) is 0 Å². The van der Waals surface area contributed by atoms with Crippen molar-refractivity contribution in [3.05, 3.63) is 0 Å². The Balaban J connectivity index is 2.42. The Labute approximate surface area is 90.7 Å². The van der Waals surface area contributed by atoms with Crippen LogP contribution in [0.1, 0.15) is 26.7 Å². The van der Waals surface area contributed by atoms with E-state index in [2.05, 4.69) is 10.0 Å². The molecular formula is C9H18N2O3S. The molecular weight excluding hydrogens is 216 g/mol. The molecule has 0 aliphatic carbocycles. The third kappa shape index (κ3) is 3.79. The van der Waals surface area contributed by atoms with Crippen LogP contribution in [0.15, 0.2) is 0 Å². The first-order valence-electron chi connectivity index (χ1n) is 5.17. The minimum Gasteiger partial charge on any atom is -0.316 e. The zero-order chi connectivity index (χ0) is 11.5. The van der Waals surface area contributed by atoms with Gasteiger partial charge in [-0.15, -0.1) is 0 Å². The molecule has 0 bridgehead atoms. The molecule has 1 fully saturated rings. The molecule has 0 aromatic rings. The Morgan fingerprint density at radius 2 is 2.20 bits per heavy atom. The van der Waals surface area contributed by atoms with Gasteiger partial charge in [0.15, 0.2) is 0 Å². The van der Waals surface area contributed by atoms with Crippen LogP contribution >= 0.6 is 0 Å². The summed E-state index contributed by atoms with van der Waals surface area (Å²) in [5.74, 6) is -0.121. The van der Waals surface area contributed by atoms with Gasteiger partial charge >= 0.3 is 0 Å². The van der Waals surface area contributed by atoms with Gasteiger partial charge in [0, 0.05) is 6.42 Å². The lowest BCUT2D eigenvalue weighted by Gasteiger charge is -2.11. The van der Waals surface area contributed by atoms with Crippen molar-refractivity contribution < 1.29 is 13.2 Å². The number of carbonyl (C=O) groups excluding carboxylic acids is 1. The van der Waals surface area contributed by atoms with Crippen LogP contribution in [-0.4, -0.2) is 32.7 Å². The Morgan fingerprint density at radius 3 is 2.67 bits per heavy atom. The summed E-state index contributed by atoms with van der Waals surface area (Å²) in [7, 11) is -3.46. The molecule has 1 amide bonds. The van der Waals surface area contributed by atoms with E-state index in [4.69, 9.17) is 0 Å². The second kappa shape index (κ2) is 4.94. The molecule has 1 unspecified atom stereocenters. The standard InChI is InChI=1S/C9H18N2O3S/c1-7(2)15(13,14)11-9(12)5-8-3-4-10-6-8/h7-8,10H,3-6H2,1-2H3,(H,11,12). The van der Waals surface area contributed by atoms with Crippen LogP contribution in [0.4, 0.5) is 0 Å². The van der Waals surface area contributed by atoms with Gasteiger partial charge in [-0.1, -0.05) is 0 Å². The molecule has 6 heteroatoms. The molecule has 5 nitrogen and oxygen atoms in total. The smallest absolute Gasteiger partial charge is 0.237 e. The highest BCUT2D eigenvalue weighted by atomic mass is 32.2. The van der Waals surface area contributed by atoms with Crippen LogP contribution in [0.2, 0.25) is 0 Å². The molecule has 1 atom stereocenters. The maximum Gasteiger partial charge on any atom is 0.237 e. The molecule has 1 aliphatic heterocycles. The highest BCUT2D eigenvalue weighted by Gasteiger charge is 2.23.